The van der Waals surface area contributed by atoms with Crippen LogP contribution in [0.15, 0.2) is 42.6 Å². The molecule has 3 aromatic rings. The van der Waals surface area contributed by atoms with E-state index in [2.05, 4.69) is 35.3 Å². The van der Waals surface area contributed by atoms with E-state index in [4.69, 9.17) is 11.6 Å². The van der Waals surface area contributed by atoms with Crippen molar-refractivity contribution in [3.05, 3.63) is 70.1 Å². The summed E-state index contributed by atoms with van der Waals surface area (Å²) in [5.74, 6) is 1.80. The number of benzene rings is 2. The standard InChI is InChI=1S/C29H33ClFN3O3S/c1-19(2)34(17-27(36)32-15-22-8-7-9-25(30)29(22)31)28(37)18-33-16-24(20(3)35)23-14-21(10-11-26(23)33)12-13-38(4,5)6/h7-11,14,16,19H,15,17-18H2,1-6H3,(H,32,36). The minimum absolute atomic E-state index is 0.0194. The first-order chi connectivity index (χ1) is 17.8. The van der Waals surface area contributed by atoms with E-state index in [0.717, 1.165) is 16.5 Å². The lowest BCUT2D eigenvalue weighted by molar-refractivity contribution is -0.138. The second-order valence-corrected chi connectivity index (χ2v) is 14.4. The Balaban J connectivity index is 1.79. The first kappa shape index (κ1) is 29.3. The number of hydrogen-bond donors (Lipinski definition) is 1. The molecule has 0 saturated carbocycles. The number of rotatable bonds is 8. The average molecular weight is 558 g/mol. The summed E-state index contributed by atoms with van der Waals surface area (Å²) in [6.45, 7) is 4.85. The quantitative estimate of drug-likeness (QED) is 0.306. The van der Waals surface area contributed by atoms with Crippen molar-refractivity contribution in [1.82, 2.24) is 14.8 Å². The summed E-state index contributed by atoms with van der Waals surface area (Å²) in [7, 11) is -1.01. The number of fused-ring (bicyclic) bond motifs is 1. The highest BCUT2D eigenvalue weighted by atomic mass is 35.5. The zero-order valence-electron chi connectivity index (χ0n) is 22.5. The average Bonchev–Trinajstić information content (AvgIpc) is 3.19. The van der Waals surface area contributed by atoms with Gasteiger partial charge in [0.25, 0.3) is 0 Å². The van der Waals surface area contributed by atoms with E-state index >= 15 is 0 Å². The van der Waals surface area contributed by atoms with Gasteiger partial charge in [-0.3, -0.25) is 14.4 Å². The molecule has 1 aromatic heterocycles. The highest BCUT2D eigenvalue weighted by Crippen LogP contribution is 2.32. The third kappa shape index (κ3) is 7.40. The summed E-state index contributed by atoms with van der Waals surface area (Å²) in [6, 6.07) is 9.95. The summed E-state index contributed by atoms with van der Waals surface area (Å²) in [6.07, 6.45) is 8.01. The van der Waals surface area contributed by atoms with Crippen molar-refractivity contribution in [2.45, 2.75) is 39.9 Å². The van der Waals surface area contributed by atoms with Crippen molar-refractivity contribution < 1.29 is 18.8 Å². The number of Topliss-reactive ketones (excluding diaryl/α,β-unsaturated/α-hetero) is 1. The van der Waals surface area contributed by atoms with Crippen LogP contribution in [0.2, 0.25) is 5.02 Å². The fraction of sp³-hybridized carbons (Fsp3) is 0.345. The molecule has 3 rings (SSSR count). The van der Waals surface area contributed by atoms with Gasteiger partial charge in [-0.2, -0.15) is 10.0 Å². The number of carbonyl (C=O) groups is 3. The van der Waals surface area contributed by atoms with Crippen LogP contribution in [-0.2, 0) is 22.7 Å². The van der Waals surface area contributed by atoms with Gasteiger partial charge in [-0.15, -0.1) is 0 Å². The minimum atomic E-state index is -1.01. The Labute approximate surface area is 229 Å². The van der Waals surface area contributed by atoms with E-state index in [-0.39, 0.29) is 48.0 Å². The van der Waals surface area contributed by atoms with Crippen molar-refractivity contribution in [3.63, 3.8) is 0 Å². The molecule has 38 heavy (non-hydrogen) atoms. The second-order valence-electron chi connectivity index (χ2n) is 10.1. The number of halogens is 2. The number of aromatic nitrogens is 1. The van der Waals surface area contributed by atoms with Crippen LogP contribution in [0.4, 0.5) is 4.39 Å². The van der Waals surface area contributed by atoms with Crippen LogP contribution in [-0.4, -0.2) is 58.4 Å². The fourth-order valence-corrected chi connectivity index (χ4v) is 4.50. The monoisotopic (exact) mass is 557 g/mol. The number of ketones is 1. The highest BCUT2D eigenvalue weighted by Gasteiger charge is 2.22. The lowest BCUT2D eigenvalue weighted by Crippen LogP contribution is -2.45. The minimum Gasteiger partial charge on any atom is -0.350 e. The van der Waals surface area contributed by atoms with Crippen LogP contribution in [0.25, 0.3) is 10.9 Å². The SMILES string of the molecule is CC(=O)c1cn(CC(=O)N(CC(=O)NCc2cccc(Cl)c2F)C(C)C)c2ccc(C#CS(C)(C)C)cc12. The molecule has 0 spiro atoms. The molecule has 0 radical (unpaired) electrons. The van der Waals surface area contributed by atoms with Crippen LogP contribution < -0.4 is 5.32 Å². The smallest absolute Gasteiger partial charge is 0.243 e. The fourth-order valence-electron chi connectivity index (χ4n) is 3.88. The maximum atomic E-state index is 14.1. The van der Waals surface area contributed by atoms with Crippen molar-refractivity contribution in [2.24, 2.45) is 0 Å². The number of nitrogens with zero attached hydrogens (tertiary/aromatic N) is 2. The topological polar surface area (TPSA) is 71.4 Å². The van der Waals surface area contributed by atoms with E-state index in [1.807, 2.05) is 32.0 Å². The van der Waals surface area contributed by atoms with E-state index in [1.54, 1.807) is 16.8 Å². The maximum Gasteiger partial charge on any atom is 0.243 e. The Bertz CT molecular complexity index is 1450. The van der Waals surface area contributed by atoms with Gasteiger partial charge in [0.15, 0.2) is 5.78 Å². The molecule has 0 aliphatic heterocycles. The molecule has 0 aliphatic carbocycles. The zero-order valence-corrected chi connectivity index (χ0v) is 24.1. The van der Waals surface area contributed by atoms with E-state index < -0.39 is 21.8 Å². The molecule has 0 atom stereocenters. The molecular formula is C29H33ClFN3O3S. The molecule has 6 nitrogen and oxygen atoms in total. The lowest BCUT2D eigenvalue weighted by atomic mass is 10.1. The molecule has 1 N–H and O–H groups in total. The van der Waals surface area contributed by atoms with Gasteiger partial charge in [-0.25, -0.2) is 4.39 Å². The van der Waals surface area contributed by atoms with E-state index in [1.165, 1.54) is 24.0 Å². The largest absolute Gasteiger partial charge is 0.350 e. The van der Waals surface area contributed by atoms with Crippen LogP contribution in [0.5, 0.6) is 0 Å². The molecule has 202 valence electrons. The van der Waals surface area contributed by atoms with Gasteiger partial charge >= 0.3 is 0 Å². The molecule has 0 aliphatic rings. The molecular weight excluding hydrogens is 525 g/mol. The van der Waals surface area contributed by atoms with Crippen molar-refractivity contribution >= 4 is 50.1 Å². The summed E-state index contributed by atoms with van der Waals surface area (Å²) >= 11 is 5.81. The van der Waals surface area contributed by atoms with Crippen molar-refractivity contribution in [3.8, 4) is 11.2 Å². The van der Waals surface area contributed by atoms with Gasteiger partial charge < -0.3 is 14.8 Å². The Kier molecular flexibility index (Phi) is 9.29. The highest BCUT2D eigenvalue weighted by molar-refractivity contribution is 8.35. The molecule has 0 unspecified atom stereocenters. The van der Waals surface area contributed by atoms with Gasteiger partial charge in [-0.1, -0.05) is 29.7 Å². The predicted molar refractivity (Wildman–Crippen MR) is 154 cm³/mol. The number of amides is 2. The van der Waals surface area contributed by atoms with Crippen molar-refractivity contribution in [1.29, 1.82) is 0 Å². The number of hydrogen-bond acceptors (Lipinski definition) is 3. The molecule has 0 fully saturated rings. The number of nitrogens with one attached hydrogen (secondary N) is 1. The summed E-state index contributed by atoms with van der Waals surface area (Å²) in [5, 5.41) is 6.65. The normalized spacial score (nSPS) is 11.7. The molecule has 1 heterocycles. The first-order valence-electron chi connectivity index (χ1n) is 12.1. The maximum absolute atomic E-state index is 14.1. The summed E-state index contributed by atoms with van der Waals surface area (Å²) in [5.41, 5.74) is 2.32. The van der Waals surface area contributed by atoms with E-state index in [0.29, 0.717) is 5.56 Å². The van der Waals surface area contributed by atoms with Gasteiger partial charge in [0, 0.05) is 46.4 Å². The Hall–Kier alpha value is -3.28. The van der Waals surface area contributed by atoms with Gasteiger partial charge in [0.1, 0.15) is 12.4 Å². The molecule has 2 aromatic carbocycles. The third-order valence-corrected chi connectivity index (χ3v) is 6.84. The van der Waals surface area contributed by atoms with Crippen molar-refractivity contribution in [2.75, 3.05) is 25.3 Å². The lowest BCUT2D eigenvalue weighted by Gasteiger charge is -2.26. The van der Waals surface area contributed by atoms with Gasteiger partial charge in [0.05, 0.1) is 11.6 Å². The first-order valence-corrected chi connectivity index (χ1v) is 15.3. The Morgan fingerprint density at radius 1 is 1.16 bits per heavy atom. The second kappa shape index (κ2) is 12.1. The summed E-state index contributed by atoms with van der Waals surface area (Å²) < 4.78 is 15.9. The molecule has 0 saturated heterocycles. The predicted octanol–water partition coefficient (Wildman–Crippen LogP) is 5.19. The van der Waals surface area contributed by atoms with Crippen LogP contribution in [0.1, 0.15) is 42.3 Å². The number of carbonyl (C=O) groups excluding carboxylic acids is 3. The van der Waals surface area contributed by atoms with Crippen LogP contribution >= 0.6 is 21.6 Å². The van der Waals surface area contributed by atoms with Gasteiger partial charge in [0.2, 0.25) is 11.8 Å². The zero-order chi connectivity index (χ0) is 28.2. The van der Waals surface area contributed by atoms with E-state index in [9.17, 15) is 18.8 Å². The Morgan fingerprint density at radius 2 is 1.87 bits per heavy atom. The third-order valence-electron chi connectivity index (χ3n) is 5.83. The van der Waals surface area contributed by atoms with Crippen LogP contribution in [0, 0.1) is 17.0 Å². The molecule has 2 amide bonds. The molecule has 0 bridgehead atoms. The molecule has 9 heteroatoms. The summed E-state index contributed by atoms with van der Waals surface area (Å²) in [4.78, 5) is 39.8. The van der Waals surface area contributed by atoms with Gasteiger partial charge in [-0.05, 0) is 69.1 Å². The Morgan fingerprint density at radius 3 is 2.50 bits per heavy atom. The van der Waals surface area contributed by atoms with Crippen LogP contribution in [0.3, 0.4) is 0 Å².